The number of hydrogen-bond acceptors (Lipinski definition) is 5. The maximum atomic E-state index is 13.0. The topological polar surface area (TPSA) is 67.5 Å². The van der Waals surface area contributed by atoms with Gasteiger partial charge in [0.2, 0.25) is 4.96 Å². The highest BCUT2D eigenvalue weighted by Gasteiger charge is 2.26. The van der Waals surface area contributed by atoms with Crippen LogP contribution in [0.5, 0.6) is 5.75 Å². The van der Waals surface area contributed by atoms with Gasteiger partial charge in [0, 0.05) is 11.1 Å². The van der Waals surface area contributed by atoms with E-state index in [-0.39, 0.29) is 16.4 Å². The fraction of sp³-hybridized carbons (Fsp3) is 0.296. The van der Waals surface area contributed by atoms with Gasteiger partial charge in [-0.15, -0.1) is 5.10 Å². The molecular weight excluding hydrogens is 430 g/mol. The van der Waals surface area contributed by atoms with E-state index in [0.717, 1.165) is 22.3 Å². The Kier molecular flexibility index (Phi) is 5.74. The molecule has 0 spiro atoms. The molecule has 0 amide bonds. The van der Waals surface area contributed by atoms with Crippen LogP contribution in [0.15, 0.2) is 47.3 Å². The first kappa shape index (κ1) is 22.9. The number of phenolic OH excluding ortho intramolecular Hbond substituents is 1. The van der Waals surface area contributed by atoms with Crippen LogP contribution in [0.2, 0.25) is 0 Å². The smallest absolute Gasteiger partial charge is 0.291 e. The summed E-state index contributed by atoms with van der Waals surface area (Å²) in [6.07, 6.45) is 5.60. The summed E-state index contributed by atoms with van der Waals surface area (Å²) in [7, 11) is 0. The lowest BCUT2D eigenvalue weighted by atomic mass is 9.78. The van der Waals surface area contributed by atoms with Crippen LogP contribution in [0.25, 0.3) is 23.2 Å². The maximum Gasteiger partial charge on any atom is 0.291 e. The SMILES string of the molecule is CC(C)(C)c1cc(/C=c2\sc3nc(/C=C/c4ccccc4)nn3c2=O)cc(C(C)(C)C)c1O. The number of fused-ring (bicyclic) bond motifs is 1. The van der Waals surface area contributed by atoms with Crippen molar-refractivity contribution in [3.05, 3.63) is 85.4 Å². The van der Waals surface area contributed by atoms with Crippen LogP contribution in [0.3, 0.4) is 0 Å². The Balaban J connectivity index is 1.78. The Morgan fingerprint density at radius 2 is 1.52 bits per heavy atom. The molecule has 33 heavy (non-hydrogen) atoms. The second-order valence-corrected chi connectivity index (χ2v) is 11.3. The third kappa shape index (κ3) is 4.76. The Labute approximate surface area is 197 Å². The van der Waals surface area contributed by atoms with Crippen molar-refractivity contribution in [2.45, 2.75) is 52.4 Å². The Morgan fingerprint density at radius 3 is 2.06 bits per heavy atom. The number of aromatic nitrogens is 3. The molecule has 0 saturated carbocycles. The number of rotatable bonds is 3. The molecule has 2 aromatic heterocycles. The summed E-state index contributed by atoms with van der Waals surface area (Å²) in [4.78, 5) is 18.1. The monoisotopic (exact) mass is 459 g/mol. The number of nitrogens with zero attached hydrogens (tertiary/aromatic N) is 3. The van der Waals surface area contributed by atoms with E-state index < -0.39 is 0 Å². The average Bonchev–Trinajstić information content (AvgIpc) is 3.25. The molecule has 2 heterocycles. The van der Waals surface area contributed by atoms with Gasteiger partial charge in [0.15, 0.2) is 5.82 Å². The number of benzene rings is 2. The number of hydrogen-bond donors (Lipinski definition) is 1. The fourth-order valence-electron chi connectivity index (χ4n) is 3.69. The minimum absolute atomic E-state index is 0.190. The van der Waals surface area contributed by atoms with Crippen molar-refractivity contribution in [1.29, 1.82) is 0 Å². The third-order valence-corrected chi connectivity index (χ3v) is 6.43. The molecule has 4 aromatic rings. The summed E-state index contributed by atoms with van der Waals surface area (Å²) in [6.45, 7) is 12.4. The van der Waals surface area contributed by atoms with Crippen LogP contribution < -0.4 is 10.1 Å². The number of aromatic hydroxyl groups is 1. The molecule has 5 nitrogen and oxygen atoms in total. The van der Waals surface area contributed by atoms with Crippen molar-refractivity contribution in [3.63, 3.8) is 0 Å². The van der Waals surface area contributed by atoms with E-state index in [1.807, 2.05) is 60.7 Å². The molecule has 6 heteroatoms. The van der Waals surface area contributed by atoms with Crippen molar-refractivity contribution in [1.82, 2.24) is 14.6 Å². The molecule has 1 N–H and O–H groups in total. The van der Waals surface area contributed by atoms with E-state index in [4.69, 9.17) is 0 Å². The standard InChI is InChI=1S/C27H29N3O2S/c1-26(2,3)19-14-18(15-20(23(19)31)27(4,5)6)16-21-24(32)30-25(33-21)28-22(29-30)13-12-17-10-8-7-9-11-17/h7-16,31H,1-6H3/b13-12+,21-16-. The van der Waals surface area contributed by atoms with Crippen LogP contribution >= 0.6 is 11.3 Å². The molecule has 0 fully saturated rings. The van der Waals surface area contributed by atoms with Crippen LogP contribution in [-0.4, -0.2) is 19.7 Å². The quantitative estimate of drug-likeness (QED) is 0.459. The lowest BCUT2D eigenvalue weighted by Crippen LogP contribution is -2.24. The molecule has 0 bridgehead atoms. The van der Waals surface area contributed by atoms with Gasteiger partial charge in [0.1, 0.15) is 5.75 Å². The van der Waals surface area contributed by atoms with E-state index in [0.29, 0.717) is 21.1 Å². The van der Waals surface area contributed by atoms with Crippen molar-refractivity contribution >= 4 is 34.5 Å². The van der Waals surface area contributed by atoms with Crippen molar-refractivity contribution < 1.29 is 5.11 Å². The summed E-state index contributed by atoms with van der Waals surface area (Å²) in [5.74, 6) is 0.829. The van der Waals surface area contributed by atoms with E-state index >= 15 is 0 Å². The summed E-state index contributed by atoms with van der Waals surface area (Å²) in [6, 6.07) is 13.8. The Hall–Kier alpha value is -3.25. The summed E-state index contributed by atoms with van der Waals surface area (Å²) in [5, 5.41) is 15.3. The Bertz CT molecular complexity index is 1410. The summed E-state index contributed by atoms with van der Waals surface area (Å²) < 4.78 is 1.92. The minimum Gasteiger partial charge on any atom is -0.507 e. The van der Waals surface area contributed by atoms with E-state index in [2.05, 4.69) is 51.6 Å². The molecule has 170 valence electrons. The summed E-state index contributed by atoms with van der Waals surface area (Å²) in [5.41, 5.74) is 2.99. The fourth-order valence-corrected chi connectivity index (χ4v) is 4.60. The highest BCUT2D eigenvalue weighted by Crippen LogP contribution is 2.39. The lowest BCUT2D eigenvalue weighted by Gasteiger charge is -2.27. The van der Waals surface area contributed by atoms with Gasteiger partial charge in [-0.3, -0.25) is 4.79 Å². The molecule has 0 aliphatic carbocycles. The molecule has 0 aliphatic heterocycles. The van der Waals surface area contributed by atoms with E-state index in [1.54, 1.807) is 0 Å². The first-order chi connectivity index (χ1) is 15.4. The normalized spacial score (nSPS) is 13.5. The second-order valence-electron chi connectivity index (χ2n) is 10.3. The molecule has 0 unspecified atom stereocenters. The first-order valence-electron chi connectivity index (χ1n) is 11.0. The minimum atomic E-state index is -0.236. The van der Waals surface area contributed by atoms with Gasteiger partial charge in [0.25, 0.3) is 5.56 Å². The molecule has 2 aromatic carbocycles. The average molecular weight is 460 g/mol. The summed E-state index contributed by atoms with van der Waals surface area (Å²) >= 11 is 1.32. The van der Waals surface area contributed by atoms with Crippen molar-refractivity contribution in [2.24, 2.45) is 0 Å². The van der Waals surface area contributed by atoms with Gasteiger partial charge >= 0.3 is 0 Å². The van der Waals surface area contributed by atoms with Gasteiger partial charge in [-0.25, -0.2) is 0 Å². The van der Waals surface area contributed by atoms with E-state index in [9.17, 15) is 9.90 Å². The van der Waals surface area contributed by atoms with E-state index in [1.165, 1.54) is 15.9 Å². The van der Waals surface area contributed by atoms with Gasteiger partial charge in [-0.2, -0.15) is 9.50 Å². The molecule has 0 radical (unpaired) electrons. The molecule has 0 aliphatic rings. The number of phenols is 1. The third-order valence-electron chi connectivity index (χ3n) is 5.47. The van der Waals surface area contributed by atoms with Gasteiger partial charge < -0.3 is 5.11 Å². The van der Waals surface area contributed by atoms with Crippen LogP contribution in [0.4, 0.5) is 0 Å². The van der Waals surface area contributed by atoms with Gasteiger partial charge in [-0.1, -0.05) is 89.3 Å². The van der Waals surface area contributed by atoms with Crippen LogP contribution in [0.1, 0.15) is 69.6 Å². The number of thiazole rings is 1. The highest BCUT2D eigenvalue weighted by atomic mass is 32.1. The zero-order valence-electron chi connectivity index (χ0n) is 19.9. The predicted octanol–water partition coefficient (Wildman–Crippen LogP) is 5.17. The molecule has 0 saturated heterocycles. The van der Waals surface area contributed by atoms with Crippen molar-refractivity contribution in [2.75, 3.05) is 0 Å². The lowest BCUT2D eigenvalue weighted by molar-refractivity contribution is 0.423. The van der Waals surface area contributed by atoms with Crippen LogP contribution in [-0.2, 0) is 10.8 Å². The largest absolute Gasteiger partial charge is 0.507 e. The van der Waals surface area contributed by atoms with Crippen molar-refractivity contribution in [3.8, 4) is 5.75 Å². The maximum absolute atomic E-state index is 13.0. The second kappa shape index (κ2) is 8.27. The Morgan fingerprint density at radius 1 is 0.909 bits per heavy atom. The first-order valence-corrected chi connectivity index (χ1v) is 11.8. The highest BCUT2D eigenvalue weighted by molar-refractivity contribution is 7.15. The molecule has 0 atom stereocenters. The van der Waals surface area contributed by atoms with Crippen LogP contribution in [0, 0.1) is 0 Å². The molecule has 4 rings (SSSR count). The zero-order chi connectivity index (χ0) is 24.0. The zero-order valence-corrected chi connectivity index (χ0v) is 20.7. The molecular formula is C27H29N3O2S. The van der Waals surface area contributed by atoms with Gasteiger partial charge in [-0.05, 0) is 46.2 Å². The predicted molar refractivity (Wildman–Crippen MR) is 137 cm³/mol. The van der Waals surface area contributed by atoms with Gasteiger partial charge in [0.05, 0.1) is 4.53 Å².